The lowest BCUT2D eigenvalue weighted by atomic mass is 10.2. The molecule has 2 heterocycles. The number of rotatable bonds is 9. The van der Waals surface area contributed by atoms with E-state index >= 15 is 0 Å². The summed E-state index contributed by atoms with van der Waals surface area (Å²) in [4.78, 5) is 10.7. The molecule has 1 N–H and O–H groups in total. The largest absolute Gasteiger partial charge is 0.363 e. The molecule has 2 aromatic heterocycles. The molecular weight excluding hydrogens is 324 g/mol. The van der Waals surface area contributed by atoms with E-state index in [1.54, 1.807) is 24.4 Å². The predicted octanol–water partition coefficient (Wildman–Crippen LogP) is 1.80. The van der Waals surface area contributed by atoms with Gasteiger partial charge in [0.25, 0.3) is 10.1 Å². The number of fused-ring (bicyclic) bond motifs is 1. The fourth-order valence-electron chi connectivity index (χ4n) is 2.11. The van der Waals surface area contributed by atoms with Gasteiger partial charge < -0.3 is 5.32 Å². The monoisotopic (exact) mass is 342 g/mol. The van der Waals surface area contributed by atoms with Gasteiger partial charge in [-0.3, -0.25) is 14.3 Å². The fourth-order valence-corrected chi connectivity index (χ4v) is 2.53. The van der Waals surface area contributed by atoms with Crippen molar-refractivity contribution in [1.29, 1.82) is 0 Å². The quantitative estimate of drug-likeness (QED) is 0.320. The third-order valence-electron chi connectivity index (χ3n) is 3.11. The summed E-state index contributed by atoms with van der Waals surface area (Å²) in [5.74, 6) is 0.230. The first-order valence-corrected chi connectivity index (χ1v) is 8.90. The Morgan fingerprint density at radius 2 is 2.13 bits per heavy atom. The van der Waals surface area contributed by atoms with Crippen LogP contribution in [0.25, 0.3) is 5.52 Å². The van der Waals surface area contributed by atoms with Crippen LogP contribution in [0.15, 0.2) is 24.4 Å². The first kappa shape index (κ1) is 17.2. The van der Waals surface area contributed by atoms with Crippen molar-refractivity contribution in [1.82, 2.24) is 9.61 Å². The van der Waals surface area contributed by atoms with E-state index in [4.69, 9.17) is 0 Å². The Bertz CT molecular complexity index is 787. The number of unbranched alkanes of at least 4 members (excludes halogenated alkanes) is 2. The highest BCUT2D eigenvalue weighted by Crippen LogP contribution is 2.28. The summed E-state index contributed by atoms with van der Waals surface area (Å²) < 4.78 is 27.7. The molecule has 2 aromatic rings. The third kappa shape index (κ3) is 4.89. The van der Waals surface area contributed by atoms with Gasteiger partial charge in [-0.25, -0.2) is 4.52 Å². The highest BCUT2D eigenvalue weighted by molar-refractivity contribution is 7.85. The van der Waals surface area contributed by atoms with E-state index in [9.17, 15) is 18.5 Å². The molecule has 0 aliphatic carbocycles. The number of nitrogens with one attached hydrogen (secondary N) is 1. The topological polar surface area (TPSA) is 116 Å². The zero-order valence-electron chi connectivity index (χ0n) is 12.6. The summed E-state index contributed by atoms with van der Waals surface area (Å²) in [7, 11) is -3.39. The zero-order valence-corrected chi connectivity index (χ0v) is 13.5. The molecule has 0 bridgehead atoms. The average Bonchev–Trinajstić information content (AvgIpc) is 2.83. The molecule has 0 aliphatic heterocycles. The Morgan fingerprint density at radius 3 is 2.83 bits per heavy atom. The van der Waals surface area contributed by atoms with Crippen LogP contribution < -0.4 is 5.32 Å². The maximum Gasteiger partial charge on any atom is 0.338 e. The molecule has 0 atom stereocenters. The lowest BCUT2D eigenvalue weighted by Gasteiger charge is -2.03. The highest BCUT2D eigenvalue weighted by Gasteiger charge is 2.22. The minimum Gasteiger partial charge on any atom is -0.363 e. The first-order valence-electron chi connectivity index (χ1n) is 7.08. The van der Waals surface area contributed by atoms with Crippen molar-refractivity contribution in [3.05, 3.63) is 34.5 Å². The summed E-state index contributed by atoms with van der Waals surface area (Å²) in [6.45, 7) is 0.650. The summed E-state index contributed by atoms with van der Waals surface area (Å²) in [5.41, 5.74) is 0.382. The van der Waals surface area contributed by atoms with Crippen LogP contribution in [0.4, 0.5) is 11.5 Å². The molecule has 0 aliphatic rings. The van der Waals surface area contributed by atoms with E-state index in [0.29, 0.717) is 18.5 Å². The van der Waals surface area contributed by atoms with Crippen LogP contribution in [0.1, 0.15) is 19.3 Å². The Balaban J connectivity index is 1.85. The number of aromatic nitrogens is 2. The molecule has 0 spiro atoms. The number of pyridine rings is 1. The lowest BCUT2D eigenvalue weighted by molar-refractivity contribution is -0.382. The maximum atomic E-state index is 11.2. The van der Waals surface area contributed by atoms with Gasteiger partial charge in [0.1, 0.15) is 5.52 Å². The van der Waals surface area contributed by atoms with Crippen molar-refractivity contribution < 1.29 is 17.5 Å². The summed E-state index contributed by atoms with van der Waals surface area (Å²) in [6.07, 6.45) is 4.72. The molecule has 10 heteroatoms. The van der Waals surface area contributed by atoms with E-state index in [1.165, 1.54) is 4.52 Å². The second kappa shape index (κ2) is 7.38. The lowest BCUT2D eigenvalue weighted by Crippen LogP contribution is -2.06. The van der Waals surface area contributed by atoms with Crippen LogP contribution in [0.3, 0.4) is 0 Å². The van der Waals surface area contributed by atoms with E-state index in [-0.39, 0.29) is 18.1 Å². The zero-order chi connectivity index (χ0) is 16.9. The number of nitro groups is 1. The van der Waals surface area contributed by atoms with E-state index in [2.05, 4.69) is 14.6 Å². The van der Waals surface area contributed by atoms with Crippen LogP contribution in [0, 0.1) is 10.1 Å². The molecular formula is C13H18N4O5S. The smallest absolute Gasteiger partial charge is 0.338 e. The number of anilines is 1. The normalized spacial score (nSPS) is 11.7. The molecule has 0 aromatic carbocycles. The van der Waals surface area contributed by atoms with Gasteiger partial charge in [-0.1, -0.05) is 6.07 Å². The maximum absolute atomic E-state index is 11.2. The highest BCUT2D eigenvalue weighted by atomic mass is 32.2. The molecule has 126 valence electrons. The van der Waals surface area contributed by atoms with Crippen molar-refractivity contribution in [3.63, 3.8) is 0 Å². The summed E-state index contributed by atoms with van der Waals surface area (Å²) in [5, 5.41) is 18.3. The van der Waals surface area contributed by atoms with Crippen molar-refractivity contribution in [3.8, 4) is 0 Å². The van der Waals surface area contributed by atoms with Crippen LogP contribution in [-0.2, 0) is 14.3 Å². The molecule has 0 fully saturated rings. The van der Waals surface area contributed by atoms with Gasteiger partial charge in [-0.05, 0) is 31.4 Å². The average molecular weight is 342 g/mol. The Labute approximate surface area is 133 Å². The SMILES string of the molecule is CS(=O)(=O)OCCCCCNc1nn2ccccc2c1[N+](=O)[O-]. The number of hydrogen-bond acceptors (Lipinski definition) is 7. The first-order chi connectivity index (χ1) is 10.9. The molecule has 2 rings (SSSR count). The van der Waals surface area contributed by atoms with Gasteiger partial charge in [-0.2, -0.15) is 8.42 Å². The van der Waals surface area contributed by atoms with Crippen LogP contribution in [-0.4, -0.2) is 42.4 Å². The molecule has 9 nitrogen and oxygen atoms in total. The molecule has 23 heavy (non-hydrogen) atoms. The summed E-state index contributed by atoms with van der Waals surface area (Å²) >= 11 is 0. The van der Waals surface area contributed by atoms with E-state index in [0.717, 1.165) is 19.1 Å². The van der Waals surface area contributed by atoms with Crippen molar-refractivity contribution >= 4 is 27.1 Å². The molecule has 0 unspecified atom stereocenters. The Hall–Kier alpha value is -2.20. The van der Waals surface area contributed by atoms with Crippen molar-refractivity contribution in [2.24, 2.45) is 0 Å². The van der Waals surface area contributed by atoms with Gasteiger partial charge in [0.2, 0.25) is 5.82 Å². The van der Waals surface area contributed by atoms with Crippen LogP contribution >= 0.6 is 0 Å². The fraction of sp³-hybridized carbons (Fsp3) is 0.462. The summed E-state index contributed by atoms with van der Waals surface area (Å²) in [6, 6.07) is 5.10. The Kier molecular flexibility index (Phi) is 5.50. The Morgan fingerprint density at radius 1 is 1.35 bits per heavy atom. The minimum absolute atomic E-state index is 0.0500. The molecule has 0 radical (unpaired) electrons. The molecule has 0 saturated heterocycles. The van der Waals surface area contributed by atoms with Gasteiger partial charge in [-0.15, -0.1) is 5.10 Å². The van der Waals surface area contributed by atoms with Crippen molar-refractivity contribution in [2.45, 2.75) is 19.3 Å². The van der Waals surface area contributed by atoms with E-state index < -0.39 is 15.0 Å². The second-order valence-corrected chi connectivity index (χ2v) is 6.64. The molecule has 0 amide bonds. The third-order valence-corrected chi connectivity index (χ3v) is 3.70. The van der Waals surface area contributed by atoms with Crippen LogP contribution in [0.2, 0.25) is 0 Å². The van der Waals surface area contributed by atoms with Crippen LogP contribution in [0.5, 0.6) is 0 Å². The number of nitrogens with zero attached hydrogens (tertiary/aromatic N) is 3. The minimum atomic E-state index is -3.39. The van der Waals surface area contributed by atoms with E-state index in [1.807, 2.05) is 0 Å². The number of hydrogen-bond donors (Lipinski definition) is 1. The second-order valence-electron chi connectivity index (χ2n) is 5.00. The van der Waals surface area contributed by atoms with Crippen molar-refractivity contribution in [2.75, 3.05) is 24.7 Å². The standard InChI is InChI=1S/C13H18N4O5S/c1-23(20,21)22-10-6-2-4-8-14-13-12(17(18)19)11-7-3-5-9-16(11)15-13/h3,5,7,9H,2,4,6,8,10H2,1H3,(H,14,15). The predicted molar refractivity (Wildman–Crippen MR) is 85.0 cm³/mol. The van der Waals surface area contributed by atoms with Gasteiger partial charge >= 0.3 is 5.69 Å². The van der Waals surface area contributed by atoms with Gasteiger partial charge in [0.15, 0.2) is 0 Å². The molecule has 0 saturated carbocycles. The van der Waals surface area contributed by atoms with Gasteiger partial charge in [0, 0.05) is 12.7 Å². The van der Waals surface area contributed by atoms with Gasteiger partial charge in [0.05, 0.1) is 17.8 Å².